The molecule has 1 aliphatic heterocycles. The van der Waals surface area contributed by atoms with Gasteiger partial charge in [-0.2, -0.15) is 0 Å². The number of esters is 1. The van der Waals surface area contributed by atoms with Crippen LogP contribution in [0.1, 0.15) is 10.4 Å². The van der Waals surface area contributed by atoms with E-state index in [9.17, 15) is 18.8 Å². The molecule has 8 heteroatoms. The molecule has 0 saturated carbocycles. The number of nitrogens with zero attached hydrogens (tertiary/aromatic N) is 2. The number of piperazine rings is 1. The lowest BCUT2D eigenvalue weighted by Crippen LogP contribution is -2.51. The van der Waals surface area contributed by atoms with Crippen LogP contribution in [0.4, 0.5) is 15.8 Å². The van der Waals surface area contributed by atoms with Crippen LogP contribution in [0, 0.1) is 5.82 Å². The maximum atomic E-state index is 13.0. The van der Waals surface area contributed by atoms with Crippen LogP contribution < -0.4 is 10.2 Å². The van der Waals surface area contributed by atoms with Gasteiger partial charge in [-0.1, -0.05) is 12.1 Å². The van der Waals surface area contributed by atoms with Crippen LogP contribution in [-0.2, 0) is 14.3 Å². The van der Waals surface area contributed by atoms with E-state index in [1.54, 1.807) is 24.3 Å². The molecule has 1 fully saturated rings. The van der Waals surface area contributed by atoms with Crippen molar-refractivity contribution in [3.63, 3.8) is 0 Å². The third kappa shape index (κ3) is 4.28. The highest BCUT2D eigenvalue weighted by molar-refractivity contribution is 6.39. The monoisotopic (exact) mass is 385 g/mol. The predicted octanol–water partition coefficient (Wildman–Crippen LogP) is 1.90. The summed E-state index contributed by atoms with van der Waals surface area (Å²) in [7, 11) is 1.24. The van der Waals surface area contributed by atoms with E-state index in [4.69, 9.17) is 0 Å². The minimum atomic E-state index is -0.813. The van der Waals surface area contributed by atoms with Crippen molar-refractivity contribution in [2.75, 3.05) is 43.5 Å². The Kier molecular flexibility index (Phi) is 5.88. The summed E-state index contributed by atoms with van der Waals surface area (Å²) in [6, 6.07) is 12.5. The SMILES string of the molecule is COC(=O)c1ccccc1NC(=O)C(=O)N1CCN(c2ccc(F)cc2)CC1. The Hall–Kier alpha value is -3.42. The third-order valence-corrected chi connectivity index (χ3v) is 4.53. The third-order valence-electron chi connectivity index (χ3n) is 4.53. The Morgan fingerprint density at radius 1 is 0.964 bits per heavy atom. The number of amides is 2. The van der Waals surface area contributed by atoms with Crippen molar-refractivity contribution in [1.82, 2.24) is 4.90 Å². The molecule has 1 N–H and O–H groups in total. The fourth-order valence-corrected chi connectivity index (χ4v) is 3.02. The number of anilines is 2. The lowest BCUT2D eigenvalue weighted by Gasteiger charge is -2.35. The fourth-order valence-electron chi connectivity index (χ4n) is 3.02. The van der Waals surface area contributed by atoms with Crippen LogP contribution in [-0.4, -0.2) is 56.0 Å². The number of ether oxygens (including phenoxy) is 1. The Bertz CT molecular complexity index is 877. The highest BCUT2D eigenvalue weighted by atomic mass is 19.1. The molecule has 0 spiro atoms. The van der Waals surface area contributed by atoms with Crippen LogP contribution in [0.3, 0.4) is 0 Å². The van der Waals surface area contributed by atoms with Crippen molar-refractivity contribution in [2.24, 2.45) is 0 Å². The second kappa shape index (κ2) is 8.51. The molecule has 2 aromatic rings. The number of para-hydroxylation sites is 1. The number of hydrogen-bond donors (Lipinski definition) is 1. The molecule has 0 aromatic heterocycles. The van der Waals surface area contributed by atoms with Gasteiger partial charge in [0, 0.05) is 31.9 Å². The van der Waals surface area contributed by atoms with Gasteiger partial charge in [0.1, 0.15) is 5.82 Å². The molecule has 2 aromatic carbocycles. The zero-order chi connectivity index (χ0) is 20.1. The predicted molar refractivity (Wildman–Crippen MR) is 102 cm³/mol. The minimum Gasteiger partial charge on any atom is -0.465 e. The molecule has 0 bridgehead atoms. The first-order valence-electron chi connectivity index (χ1n) is 8.77. The van der Waals surface area contributed by atoms with Crippen LogP contribution in [0.15, 0.2) is 48.5 Å². The fraction of sp³-hybridized carbons (Fsp3) is 0.250. The first kappa shape index (κ1) is 19.3. The molecule has 146 valence electrons. The second-order valence-electron chi connectivity index (χ2n) is 6.25. The molecule has 1 saturated heterocycles. The molecule has 2 amide bonds. The van der Waals surface area contributed by atoms with Gasteiger partial charge < -0.3 is 19.9 Å². The Balaban J connectivity index is 1.60. The zero-order valence-electron chi connectivity index (χ0n) is 15.4. The maximum absolute atomic E-state index is 13.0. The number of carbonyl (C=O) groups is 3. The zero-order valence-corrected chi connectivity index (χ0v) is 15.4. The molecular weight excluding hydrogens is 365 g/mol. The van der Waals surface area contributed by atoms with Crippen molar-refractivity contribution in [3.8, 4) is 0 Å². The van der Waals surface area contributed by atoms with E-state index < -0.39 is 17.8 Å². The summed E-state index contributed by atoms with van der Waals surface area (Å²) in [5, 5.41) is 2.49. The molecule has 1 aliphatic rings. The lowest BCUT2D eigenvalue weighted by molar-refractivity contribution is -0.143. The van der Waals surface area contributed by atoms with E-state index in [1.165, 1.54) is 36.3 Å². The summed E-state index contributed by atoms with van der Waals surface area (Å²) < 4.78 is 17.7. The van der Waals surface area contributed by atoms with Crippen LogP contribution in [0.2, 0.25) is 0 Å². The Labute approximate surface area is 161 Å². The van der Waals surface area contributed by atoms with Gasteiger partial charge in [0.2, 0.25) is 0 Å². The van der Waals surface area contributed by atoms with E-state index in [0.717, 1.165) is 5.69 Å². The molecule has 28 heavy (non-hydrogen) atoms. The maximum Gasteiger partial charge on any atom is 0.339 e. The second-order valence-corrected chi connectivity index (χ2v) is 6.25. The largest absolute Gasteiger partial charge is 0.465 e. The van der Waals surface area contributed by atoms with E-state index >= 15 is 0 Å². The van der Waals surface area contributed by atoms with E-state index in [-0.39, 0.29) is 17.1 Å². The molecule has 0 unspecified atom stereocenters. The topological polar surface area (TPSA) is 78.9 Å². The van der Waals surface area contributed by atoms with E-state index in [0.29, 0.717) is 26.2 Å². The van der Waals surface area contributed by atoms with E-state index in [2.05, 4.69) is 10.1 Å². The first-order chi connectivity index (χ1) is 13.5. The summed E-state index contributed by atoms with van der Waals surface area (Å²) in [4.78, 5) is 40.1. The van der Waals surface area contributed by atoms with Crippen LogP contribution >= 0.6 is 0 Å². The van der Waals surface area contributed by atoms with Crippen molar-refractivity contribution >= 4 is 29.2 Å². The average molecular weight is 385 g/mol. The van der Waals surface area contributed by atoms with Crippen molar-refractivity contribution in [2.45, 2.75) is 0 Å². The minimum absolute atomic E-state index is 0.173. The highest BCUT2D eigenvalue weighted by Gasteiger charge is 2.27. The average Bonchev–Trinajstić information content (AvgIpc) is 2.73. The normalized spacial score (nSPS) is 13.8. The van der Waals surface area contributed by atoms with Gasteiger partial charge in [-0.25, -0.2) is 9.18 Å². The standard InChI is InChI=1S/C20H20FN3O4/c1-28-20(27)16-4-2-3-5-17(16)22-18(25)19(26)24-12-10-23(11-13-24)15-8-6-14(21)7-9-15/h2-9H,10-13H2,1H3,(H,22,25). The number of halogens is 1. The number of benzene rings is 2. The van der Waals surface area contributed by atoms with Crippen LogP contribution in [0.25, 0.3) is 0 Å². The van der Waals surface area contributed by atoms with E-state index in [1.807, 2.05) is 4.90 Å². The van der Waals surface area contributed by atoms with Crippen molar-refractivity contribution < 1.29 is 23.5 Å². The molecule has 1 heterocycles. The van der Waals surface area contributed by atoms with Gasteiger partial charge in [-0.05, 0) is 36.4 Å². The lowest BCUT2D eigenvalue weighted by atomic mass is 10.1. The summed E-state index contributed by atoms with van der Waals surface area (Å²) in [5.74, 6) is -2.39. The molecule has 3 rings (SSSR count). The number of carbonyl (C=O) groups excluding carboxylic acids is 3. The molecule has 7 nitrogen and oxygen atoms in total. The van der Waals surface area contributed by atoms with Gasteiger partial charge >= 0.3 is 17.8 Å². The van der Waals surface area contributed by atoms with Gasteiger partial charge in [-0.15, -0.1) is 0 Å². The van der Waals surface area contributed by atoms with Gasteiger partial charge in [0.05, 0.1) is 18.4 Å². The quantitative estimate of drug-likeness (QED) is 0.645. The first-order valence-corrected chi connectivity index (χ1v) is 8.77. The van der Waals surface area contributed by atoms with Gasteiger partial charge in [-0.3, -0.25) is 9.59 Å². The van der Waals surface area contributed by atoms with Gasteiger partial charge in [0.25, 0.3) is 0 Å². The smallest absolute Gasteiger partial charge is 0.339 e. The number of rotatable bonds is 3. The highest BCUT2D eigenvalue weighted by Crippen LogP contribution is 2.18. The Morgan fingerprint density at radius 3 is 2.25 bits per heavy atom. The molecule has 0 aliphatic carbocycles. The summed E-state index contributed by atoms with van der Waals surface area (Å²) in [5.41, 5.74) is 1.26. The summed E-state index contributed by atoms with van der Waals surface area (Å²) in [6.07, 6.45) is 0. The molecular formula is C20H20FN3O4. The Morgan fingerprint density at radius 2 is 1.61 bits per heavy atom. The van der Waals surface area contributed by atoms with Crippen LogP contribution in [0.5, 0.6) is 0 Å². The number of methoxy groups -OCH3 is 1. The summed E-state index contributed by atoms with van der Waals surface area (Å²) >= 11 is 0. The molecule has 0 atom stereocenters. The summed E-state index contributed by atoms with van der Waals surface area (Å²) in [6.45, 7) is 1.79. The van der Waals surface area contributed by atoms with Crippen molar-refractivity contribution in [3.05, 3.63) is 59.9 Å². The number of hydrogen-bond acceptors (Lipinski definition) is 5. The van der Waals surface area contributed by atoms with Gasteiger partial charge in [0.15, 0.2) is 0 Å². The number of nitrogens with one attached hydrogen (secondary N) is 1. The molecule has 0 radical (unpaired) electrons. The van der Waals surface area contributed by atoms with Crippen molar-refractivity contribution in [1.29, 1.82) is 0 Å².